The Morgan fingerprint density at radius 3 is 2.50 bits per heavy atom. The summed E-state index contributed by atoms with van der Waals surface area (Å²) in [7, 11) is 0. The number of aromatic nitrogens is 2. The Labute approximate surface area is 113 Å². The van der Waals surface area contributed by atoms with Crippen molar-refractivity contribution < 1.29 is 9.47 Å². The van der Waals surface area contributed by atoms with Gasteiger partial charge in [-0.25, -0.2) is 9.97 Å². The van der Waals surface area contributed by atoms with E-state index in [-0.39, 0.29) is 11.6 Å². The number of halogens is 1. The molecular formula is C12H20ClN3O2. The number of hydrogen-bond acceptors (Lipinski definition) is 5. The van der Waals surface area contributed by atoms with Crippen molar-refractivity contribution >= 4 is 17.4 Å². The van der Waals surface area contributed by atoms with E-state index in [0.717, 1.165) is 17.9 Å². The molecule has 1 heterocycles. The highest BCUT2D eigenvalue weighted by Crippen LogP contribution is 2.10. The van der Waals surface area contributed by atoms with Gasteiger partial charge in [0.2, 0.25) is 5.28 Å². The summed E-state index contributed by atoms with van der Waals surface area (Å²) in [5.41, 5.74) is 0.837. The zero-order valence-electron chi connectivity index (χ0n) is 11.1. The SMILES string of the molecule is CCOC(CCNc1cc(C)nc(Cl)n1)OCC. The average Bonchev–Trinajstić information content (AvgIpc) is 2.28. The van der Waals surface area contributed by atoms with Crippen molar-refractivity contribution in [2.45, 2.75) is 33.5 Å². The minimum atomic E-state index is -0.175. The molecule has 5 nitrogen and oxygen atoms in total. The van der Waals surface area contributed by atoms with Crippen LogP contribution in [0.2, 0.25) is 5.28 Å². The van der Waals surface area contributed by atoms with Gasteiger partial charge in [0.15, 0.2) is 6.29 Å². The molecule has 1 rings (SSSR count). The molecule has 0 aliphatic rings. The molecule has 6 heteroatoms. The largest absolute Gasteiger partial charge is 0.370 e. The van der Waals surface area contributed by atoms with Crippen molar-refractivity contribution in [1.29, 1.82) is 0 Å². The standard InChI is InChI=1S/C12H20ClN3O2/c1-4-17-11(18-5-2)6-7-14-10-8-9(3)15-12(13)16-10/h8,11H,4-7H2,1-3H3,(H,14,15,16). The quantitative estimate of drug-likeness (QED) is 0.583. The number of rotatable bonds is 8. The van der Waals surface area contributed by atoms with Gasteiger partial charge >= 0.3 is 0 Å². The molecule has 0 atom stereocenters. The van der Waals surface area contributed by atoms with Crippen LogP contribution >= 0.6 is 11.6 Å². The van der Waals surface area contributed by atoms with E-state index in [0.29, 0.717) is 19.8 Å². The fraction of sp³-hybridized carbons (Fsp3) is 0.667. The lowest BCUT2D eigenvalue weighted by molar-refractivity contribution is -0.137. The van der Waals surface area contributed by atoms with E-state index >= 15 is 0 Å². The van der Waals surface area contributed by atoms with Crippen LogP contribution in [0.5, 0.6) is 0 Å². The predicted octanol–water partition coefficient (Wildman–Crippen LogP) is 2.64. The van der Waals surface area contributed by atoms with Crippen molar-refractivity contribution in [2.75, 3.05) is 25.1 Å². The lowest BCUT2D eigenvalue weighted by Crippen LogP contribution is -2.21. The second-order valence-electron chi connectivity index (χ2n) is 3.72. The average molecular weight is 274 g/mol. The molecule has 1 aromatic rings. The number of nitrogens with zero attached hydrogens (tertiary/aromatic N) is 2. The highest BCUT2D eigenvalue weighted by molar-refractivity contribution is 6.28. The second kappa shape index (κ2) is 8.24. The second-order valence-corrected chi connectivity index (χ2v) is 4.06. The van der Waals surface area contributed by atoms with Crippen LogP contribution < -0.4 is 5.32 Å². The summed E-state index contributed by atoms with van der Waals surface area (Å²) in [6.07, 6.45) is 0.577. The van der Waals surface area contributed by atoms with Crippen molar-refractivity contribution in [3.63, 3.8) is 0 Å². The fourth-order valence-corrected chi connectivity index (χ4v) is 1.75. The Balaban J connectivity index is 2.39. The van der Waals surface area contributed by atoms with Crippen LogP contribution in [0.25, 0.3) is 0 Å². The van der Waals surface area contributed by atoms with Gasteiger partial charge in [0.05, 0.1) is 0 Å². The molecule has 0 radical (unpaired) electrons. The van der Waals surface area contributed by atoms with Crippen LogP contribution in [0.3, 0.4) is 0 Å². The third kappa shape index (κ3) is 5.62. The van der Waals surface area contributed by atoms with Gasteiger partial charge in [0, 0.05) is 37.9 Å². The minimum Gasteiger partial charge on any atom is -0.370 e. The maximum atomic E-state index is 5.78. The molecule has 0 unspecified atom stereocenters. The van der Waals surface area contributed by atoms with E-state index < -0.39 is 0 Å². The normalized spacial score (nSPS) is 10.9. The topological polar surface area (TPSA) is 56.3 Å². The first-order valence-electron chi connectivity index (χ1n) is 6.14. The van der Waals surface area contributed by atoms with Crippen molar-refractivity contribution in [3.8, 4) is 0 Å². The summed E-state index contributed by atoms with van der Waals surface area (Å²) in [6.45, 7) is 7.77. The van der Waals surface area contributed by atoms with Crippen LogP contribution in [0.1, 0.15) is 26.0 Å². The first kappa shape index (κ1) is 15.1. The van der Waals surface area contributed by atoms with Gasteiger partial charge in [-0.05, 0) is 32.4 Å². The number of hydrogen-bond donors (Lipinski definition) is 1. The van der Waals surface area contributed by atoms with Crippen molar-refractivity contribution in [1.82, 2.24) is 9.97 Å². The molecule has 0 aliphatic heterocycles. The molecule has 0 aromatic carbocycles. The van der Waals surface area contributed by atoms with E-state index in [9.17, 15) is 0 Å². The summed E-state index contributed by atoms with van der Waals surface area (Å²) >= 11 is 5.78. The Hall–Kier alpha value is -0.910. The highest BCUT2D eigenvalue weighted by Gasteiger charge is 2.07. The molecule has 0 amide bonds. The first-order chi connectivity index (χ1) is 8.65. The molecule has 0 aliphatic carbocycles. The van der Waals surface area contributed by atoms with Crippen LogP contribution in [0.4, 0.5) is 5.82 Å². The van der Waals surface area contributed by atoms with Gasteiger partial charge in [0.25, 0.3) is 0 Å². The van der Waals surface area contributed by atoms with Gasteiger partial charge in [-0.1, -0.05) is 0 Å². The van der Waals surface area contributed by atoms with Crippen LogP contribution in [0, 0.1) is 6.92 Å². The van der Waals surface area contributed by atoms with E-state index in [1.807, 2.05) is 26.8 Å². The number of anilines is 1. The van der Waals surface area contributed by atoms with Crippen LogP contribution in [-0.2, 0) is 9.47 Å². The van der Waals surface area contributed by atoms with E-state index in [4.69, 9.17) is 21.1 Å². The number of nitrogens with one attached hydrogen (secondary N) is 1. The maximum Gasteiger partial charge on any atom is 0.224 e. The first-order valence-corrected chi connectivity index (χ1v) is 6.51. The zero-order valence-corrected chi connectivity index (χ0v) is 11.8. The monoisotopic (exact) mass is 273 g/mol. The lowest BCUT2D eigenvalue weighted by atomic mass is 10.4. The maximum absolute atomic E-state index is 5.78. The molecule has 1 N–H and O–H groups in total. The summed E-state index contributed by atoms with van der Waals surface area (Å²) in [6, 6.07) is 1.85. The Kier molecular flexibility index (Phi) is 6.93. The highest BCUT2D eigenvalue weighted by atomic mass is 35.5. The Morgan fingerprint density at radius 1 is 1.28 bits per heavy atom. The molecule has 18 heavy (non-hydrogen) atoms. The van der Waals surface area contributed by atoms with Gasteiger partial charge in [0.1, 0.15) is 5.82 Å². The number of ether oxygens (including phenoxy) is 2. The molecule has 102 valence electrons. The predicted molar refractivity (Wildman–Crippen MR) is 71.9 cm³/mol. The molecule has 0 saturated carbocycles. The molecule has 0 fully saturated rings. The van der Waals surface area contributed by atoms with Crippen molar-refractivity contribution in [3.05, 3.63) is 17.0 Å². The van der Waals surface area contributed by atoms with Gasteiger partial charge in [-0.3, -0.25) is 0 Å². The van der Waals surface area contributed by atoms with E-state index in [1.54, 1.807) is 0 Å². The lowest BCUT2D eigenvalue weighted by Gasteiger charge is -2.17. The van der Waals surface area contributed by atoms with E-state index in [1.165, 1.54) is 0 Å². The summed E-state index contributed by atoms with van der Waals surface area (Å²) in [5, 5.41) is 3.43. The molecule has 1 aromatic heterocycles. The zero-order chi connectivity index (χ0) is 13.4. The third-order valence-electron chi connectivity index (χ3n) is 2.22. The summed E-state index contributed by atoms with van der Waals surface area (Å²) in [4.78, 5) is 8.09. The Bertz CT molecular complexity index is 337. The summed E-state index contributed by atoms with van der Waals surface area (Å²) in [5.74, 6) is 0.722. The van der Waals surface area contributed by atoms with Gasteiger partial charge < -0.3 is 14.8 Å². The molecule has 0 saturated heterocycles. The third-order valence-corrected chi connectivity index (χ3v) is 2.39. The number of aryl methyl sites for hydroxylation is 1. The van der Waals surface area contributed by atoms with Crippen molar-refractivity contribution in [2.24, 2.45) is 0 Å². The molecular weight excluding hydrogens is 254 g/mol. The van der Waals surface area contributed by atoms with Gasteiger partial charge in [-0.2, -0.15) is 0 Å². The Morgan fingerprint density at radius 2 is 1.94 bits per heavy atom. The summed E-state index contributed by atoms with van der Waals surface area (Å²) < 4.78 is 10.9. The fourth-order valence-electron chi connectivity index (χ4n) is 1.53. The minimum absolute atomic E-state index is 0.175. The van der Waals surface area contributed by atoms with Gasteiger partial charge in [-0.15, -0.1) is 0 Å². The molecule has 0 spiro atoms. The smallest absolute Gasteiger partial charge is 0.224 e. The van der Waals surface area contributed by atoms with Crippen LogP contribution in [-0.4, -0.2) is 36.0 Å². The van der Waals surface area contributed by atoms with Crippen LogP contribution in [0.15, 0.2) is 6.07 Å². The van der Waals surface area contributed by atoms with E-state index in [2.05, 4.69) is 15.3 Å². The molecule has 0 bridgehead atoms.